The third-order valence-electron chi connectivity index (χ3n) is 19.3. The third-order valence-corrected chi connectivity index (χ3v) is 22.2. The molecule has 506 valence electrons. The number of thiocarbonyl (C=S) groups is 1. The predicted molar refractivity (Wildman–Crippen MR) is 386 cm³/mol. The van der Waals surface area contributed by atoms with Crippen molar-refractivity contribution in [3.05, 3.63) is 122 Å². The molecule has 0 aliphatic carbocycles. The number of fused-ring (bicyclic) bond motifs is 19. The number of halogens is 5. The van der Waals surface area contributed by atoms with E-state index >= 15 is 0 Å². The molecular formula is C70H78BrCl4N13O7S. The Morgan fingerprint density at radius 1 is 0.521 bits per heavy atom. The van der Waals surface area contributed by atoms with Crippen LogP contribution in [0.2, 0.25) is 20.1 Å². The number of nitrogens with zero attached hydrogens (tertiary/aromatic N) is 7. The molecular weight excluding hydrogens is 1390 g/mol. The number of benzene rings is 5. The number of carbonyl (C=O) groups is 2. The highest BCUT2D eigenvalue weighted by Crippen LogP contribution is 2.53. The zero-order valence-electron chi connectivity index (χ0n) is 56.3. The summed E-state index contributed by atoms with van der Waals surface area (Å²) in [7, 11) is 0. The van der Waals surface area contributed by atoms with Gasteiger partial charge >= 0.3 is 0 Å². The molecule has 0 spiro atoms. The number of Topliss-reactive ketones (excluding diaryl/α,β-unsaturated/α-hetero) is 1. The van der Waals surface area contributed by atoms with Crippen molar-refractivity contribution in [1.29, 1.82) is 0 Å². The predicted octanol–water partition coefficient (Wildman–Crippen LogP) is 14.6. The van der Waals surface area contributed by atoms with E-state index in [1.807, 2.05) is 75.8 Å². The highest BCUT2D eigenvalue weighted by atomic mass is 79.9. The molecule has 0 saturated carbocycles. The monoisotopic (exact) mass is 1460 g/mol. The zero-order valence-corrected chi connectivity index (χ0v) is 61.7. The van der Waals surface area contributed by atoms with Crippen molar-refractivity contribution in [3.63, 3.8) is 0 Å². The molecule has 0 bridgehead atoms. The van der Waals surface area contributed by atoms with Crippen molar-refractivity contribution in [3.8, 4) is 40.1 Å². The van der Waals surface area contributed by atoms with Crippen LogP contribution in [-0.2, 0) is 72.0 Å². The first-order valence-electron chi connectivity index (χ1n) is 32.3. The molecule has 10 aliphatic rings. The third kappa shape index (κ3) is 11.8. The number of aromatic nitrogens is 6. The first-order valence-corrected chi connectivity index (χ1v) is 35.0. The number of nitrogens with one attached hydrogen (secondary N) is 6. The van der Waals surface area contributed by atoms with Crippen LogP contribution in [0.4, 0.5) is 28.4 Å². The van der Waals surface area contributed by atoms with Gasteiger partial charge in [0.2, 0.25) is 5.91 Å². The molecule has 6 N–H and O–H groups in total. The smallest absolute Gasteiger partial charge is 0.236 e. The maximum Gasteiger partial charge on any atom is 0.236 e. The van der Waals surface area contributed by atoms with Crippen LogP contribution in [0.25, 0.3) is 11.4 Å². The minimum Gasteiger partial charge on any atom is -0.493 e. The number of ether oxygens (including phenoxy) is 5. The van der Waals surface area contributed by atoms with Crippen LogP contribution >= 0.6 is 74.6 Å². The minimum atomic E-state index is -0.461. The van der Waals surface area contributed by atoms with E-state index in [2.05, 4.69) is 121 Å². The van der Waals surface area contributed by atoms with Crippen LogP contribution in [0.3, 0.4) is 0 Å². The molecule has 0 atom stereocenters. The lowest BCUT2D eigenvalue weighted by atomic mass is 9.84. The summed E-state index contributed by atoms with van der Waals surface area (Å²) in [6.45, 7) is 31.5. The van der Waals surface area contributed by atoms with Gasteiger partial charge in [-0.1, -0.05) is 58.6 Å². The van der Waals surface area contributed by atoms with Crippen LogP contribution < -0.4 is 55.7 Å². The van der Waals surface area contributed by atoms with Crippen LogP contribution in [0.1, 0.15) is 150 Å². The van der Waals surface area contributed by atoms with Gasteiger partial charge < -0.3 is 50.3 Å². The molecule has 26 heteroatoms. The lowest BCUT2D eigenvalue weighted by molar-refractivity contribution is -0.122. The van der Waals surface area contributed by atoms with E-state index in [4.69, 9.17) is 82.3 Å². The second-order valence-corrected chi connectivity index (χ2v) is 31.2. The Balaban J connectivity index is 0.000000109. The van der Waals surface area contributed by atoms with E-state index in [-0.39, 0.29) is 33.8 Å². The van der Waals surface area contributed by atoms with E-state index < -0.39 is 5.54 Å². The molecule has 12 heterocycles. The molecule has 20 nitrogen and oxygen atoms in total. The van der Waals surface area contributed by atoms with Crippen LogP contribution in [0.5, 0.6) is 28.7 Å². The van der Waals surface area contributed by atoms with Crippen molar-refractivity contribution in [2.24, 2.45) is 5.10 Å². The van der Waals surface area contributed by atoms with Gasteiger partial charge in [-0.2, -0.15) is 5.10 Å². The molecule has 2 aromatic heterocycles. The molecule has 0 unspecified atom stereocenters. The van der Waals surface area contributed by atoms with E-state index in [1.165, 1.54) is 29.2 Å². The average molecular weight is 1470 g/mol. The fourth-order valence-electron chi connectivity index (χ4n) is 14.0. The summed E-state index contributed by atoms with van der Waals surface area (Å²) in [5, 5.41) is 41.5. The number of ketones is 1. The maximum absolute atomic E-state index is 12.0. The Kier molecular flexibility index (Phi) is 17.4. The van der Waals surface area contributed by atoms with Gasteiger partial charge in [0.15, 0.2) is 17.4 Å². The number of hydrogen-bond acceptors (Lipinski definition) is 18. The summed E-state index contributed by atoms with van der Waals surface area (Å²) in [6, 6.07) is 7.75. The first-order chi connectivity index (χ1) is 45.3. The normalized spacial score (nSPS) is 19.2. The molecule has 5 aromatic carbocycles. The van der Waals surface area contributed by atoms with Crippen molar-refractivity contribution in [2.45, 2.75) is 176 Å². The van der Waals surface area contributed by atoms with E-state index in [9.17, 15) is 9.59 Å². The fraction of sp³-hybridized carbons (Fsp3) is 0.457. The molecule has 7 aromatic rings. The number of hydrogen-bond donors (Lipinski definition) is 6. The molecule has 0 saturated heterocycles. The Morgan fingerprint density at radius 2 is 0.938 bits per heavy atom. The zero-order chi connectivity index (χ0) is 68.6. The number of rotatable bonds is 1. The molecule has 96 heavy (non-hydrogen) atoms. The van der Waals surface area contributed by atoms with Gasteiger partial charge in [0.05, 0.1) is 104 Å². The largest absolute Gasteiger partial charge is 0.493 e. The summed E-state index contributed by atoms with van der Waals surface area (Å²) in [4.78, 5) is 24.1. The lowest BCUT2D eigenvalue weighted by Crippen LogP contribution is -2.46. The number of amides is 1. The van der Waals surface area contributed by atoms with Crippen molar-refractivity contribution < 1.29 is 33.3 Å². The minimum absolute atomic E-state index is 0.149. The number of carbonyl (C=O) groups excluding carboxylic acids is 2. The number of hydrazone groups is 1. The van der Waals surface area contributed by atoms with E-state index in [1.54, 1.807) is 0 Å². The van der Waals surface area contributed by atoms with Gasteiger partial charge in [0.25, 0.3) is 0 Å². The second-order valence-electron chi connectivity index (χ2n) is 28.3. The SMILES string of the molecule is CC(=O)N/N=C1\Cc2c(Cl)cc3c(c2NC1(C)C)CCO3.CC1(C)Nc2c(c(Cl)cc3c2CCO3)CC1=S.Cc1cc2c(c3c1CC(=O)C(C)(C)N3)CCO2.Cc1nnc2n1-c1c(Cl)c(Br)c3c(c1NC2(C)C)CCO3.Cc1nnc2n1-c1c(Cl)cc3c(c1NC2(C)C)CCO3. The van der Waals surface area contributed by atoms with Crippen molar-refractivity contribution in [1.82, 2.24) is 35.0 Å². The number of anilines is 5. The van der Waals surface area contributed by atoms with Crippen LogP contribution in [0, 0.1) is 20.8 Å². The quantitative estimate of drug-likeness (QED) is 0.0664. The van der Waals surface area contributed by atoms with Gasteiger partial charge in [-0.15, -0.1) is 20.4 Å². The fourth-order valence-corrected chi connectivity index (χ4v) is 15.8. The molecule has 0 fully saturated rings. The van der Waals surface area contributed by atoms with Crippen LogP contribution in [-0.4, -0.2) is 101 Å². The van der Waals surface area contributed by atoms with E-state index in [0.29, 0.717) is 47.7 Å². The summed E-state index contributed by atoms with van der Waals surface area (Å²) in [5.74, 6) is 7.98. The number of aryl methyl sites for hydroxylation is 3. The van der Waals surface area contributed by atoms with Crippen molar-refractivity contribution >= 4 is 125 Å². The molecule has 10 aliphatic heterocycles. The molecule has 0 radical (unpaired) electrons. The molecule has 1 amide bonds. The standard InChI is InChI=1S/C15H18ClN3O2.C14H14BrClN4O.C14H15ClN4O.C14H17NO2.C13H14ClNOS/c1-8(20)18-19-13-6-10-11(16)7-12-9(4-5-21-12)14(10)17-15(13,2)3;1-6-18-19-13-14(2,3)17-10-7-4-5-21-12(7)8(15)9(16)11(10)20(6)13;1-7-17-18-13-14(2,3)16-11-8-4-5-20-10(8)6-9(15)12(11)19(7)13;1-8-6-11-9(4-5-17-11)13-10(8)7-12(16)14(2,3)15-13;1-13(2)11(17)5-8-9(14)6-10-7(3-4-16-10)12(8)15-13/h7,17H,4-6H2,1-3H3,(H,18,20);17H,4-5H2,1-3H3;6,16H,4-5H2,1-3H3;6,15H,4-5,7H2,1-3H3;6,15H,3-5H2,1-2H3/b19-13+;;;;. The summed E-state index contributed by atoms with van der Waals surface area (Å²) >= 11 is 34.8. The Bertz CT molecular complexity index is 4430. The highest BCUT2D eigenvalue weighted by Gasteiger charge is 2.43. The van der Waals surface area contributed by atoms with Crippen LogP contribution in [0.15, 0.2) is 33.8 Å². The van der Waals surface area contributed by atoms with Crippen molar-refractivity contribution in [2.75, 3.05) is 59.6 Å². The maximum atomic E-state index is 12.0. The highest BCUT2D eigenvalue weighted by molar-refractivity contribution is 9.10. The Hall–Kier alpha value is -7.08. The summed E-state index contributed by atoms with van der Waals surface area (Å²) in [5.41, 5.74) is 19.5. The van der Waals surface area contributed by atoms with Gasteiger partial charge in [0.1, 0.15) is 40.4 Å². The Morgan fingerprint density at radius 3 is 1.47 bits per heavy atom. The first kappa shape index (κ1) is 67.5. The average Bonchev–Trinajstić information content (AvgIpc) is 1.50. The van der Waals surface area contributed by atoms with Gasteiger partial charge in [0, 0.05) is 130 Å². The summed E-state index contributed by atoms with van der Waals surface area (Å²) in [6.07, 6.45) is 6.46. The van der Waals surface area contributed by atoms with Gasteiger partial charge in [-0.05, 0) is 141 Å². The summed E-state index contributed by atoms with van der Waals surface area (Å²) < 4.78 is 33.1. The second kappa shape index (κ2) is 24.7. The topological polar surface area (TPSA) is 226 Å². The van der Waals surface area contributed by atoms with E-state index in [0.717, 1.165) is 191 Å². The molecule has 17 rings (SSSR count). The van der Waals surface area contributed by atoms with Gasteiger partial charge in [-0.25, -0.2) is 5.43 Å². The Labute approximate surface area is 592 Å². The van der Waals surface area contributed by atoms with Gasteiger partial charge in [-0.3, -0.25) is 18.7 Å². The lowest BCUT2D eigenvalue weighted by Gasteiger charge is -2.36.